The van der Waals surface area contributed by atoms with Crippen LogP contribution in [0.1, 0.15) is 125 Å². The van der Waals surface area contributed by atoms with Crippen LogP contribution in [0.2, 0.25) is 0 Å². The van der Waals surface area contributed by atoms with Gasteiger partial charge in [0.05, 0.1) is 0 Å². The zero-order valence-electron chi connectivity index (χ0n) is 39.8. The zero-order chi connectivity index (χ0) is 44.7. The van der Waals surface area contributed by atoms with E-state index in [2.05, 4.69) is 198 Å². The number of nitrogens with one attached hydrogen (secondary N) is 2. The molecule has 64 heavy (non-hydrogen) atoms. The fourth-order valence-corrected chi connectivity index (χ4v) is 9.31. The van der Waals surface area contributed by atoms with Crippen molar-refractivity contribution in [3.63, 3.8) is 0 Å². The summed E-state index contributed by atoms with van der Waals surface area (Å²) in [7, 11) is 0. The monoisotopic (exact) mass is 845 g/mol. The van der Waals surface area contributed by atoms with E-state index in [0.717, 1.165) is 48.4 Å². The third-order valence-corrected chi connectivity index (χ3v) is 13.0. The highest BCUT2D eigenvalue weighted by Gasteiger charge is 2.17. The second kappa shape index (κ2) is 23.2. The Morgan fingerprint density at radius 3 is 0.969 bits per heavy atom. The molecule has 7 aromatic carbocycles. The summed E-state index contributed by atoms with van der Waals surface area (Å²) in [5.74, 6) is 0. The second-order valence-corrected chi connectivity index (χ2v) is 18.1. The highest BCUT2D eigenvalue weighted by molar-refractivity contribution is 5.82. The fourth-order valence-electron chi connectivity index (χ4n) is 9.31. The molecule has 0 saturated heterocycles. The van der Waals surface area contributed by atoms with Gasteiger partial charge in [0.2, 0.25) is 0 Å². The second-order valence-electron chi connectivity index (χ2n) is 18.1. The lowest BCUT2D eigenvalue weighted by Gasteiger charge is -2.21. The molecule has 2 N–H and O–H groups in total. The first kappa shape index (κ1) is 46.1. The van der Waals surface area contributed by atoms with Gasteiger partial charge in [0, 0.05) is 22.7 Å². The van der Waals surface area contributed by atoms with Crippen molar-refractivity contribution in [3.8, 4) is 44.5 Å². The maximum Gasteiger partial charge on any atom is 0.0387 e. The van der Waals surface area contributed by atoms with E-state index in [-0.39, 0.29) is 0 Å². The largest absolute Gasteiger partial charge is 0.356 e. The van der Waals surface area contributed by atoms with Crippen LogP contribution in [0, 0.1) is 13.8 Å². The smallest absolute Gasteiger partial charge is 0.0387 e. The molecule has 0 fully saturated rings. The van der Waals surface area contributed by atoms with Gasteiger partial charge < -0.3 is 10.6 Å². The molecule has 330 valence electrons. The Labute approximate surface area is 386 Å². The minimum atomic E-state index is 1.09. The Morgan fingerprint density at radius 2 is 0.641 bits per heavy atom. The molecule has 2 nitrogen and oxygen atoms in total. The topological polar surface area (TPSA) is 24.1 Å². The first-order valence-electron chi connectivity index (χ1n) is 24.7. The fraction of sp³-hybridized carbons (Fsp3) is 0.323. The third kappa shape index (κ3) is 12.2. The molecule has 0 unspecified atom stereocenters. The summed E-state index contributed by atoms with van der Waals surface area (Å²) < 4.78 is 0. The van der Waals surface area contributed by atoms with Crippen LogP contribution >= 0.6 is 0 Å². The Hall–Kier alpha value is -5.86. The van der Waals surface area contributed by atoms with Crippen molar-refractivity contribution < 1.29 is 0 Å². The first-order chi connectivity index (χ1) is 31.3. The number of benzene rings is 7. The lowest BCUT2D eigenvalue weighted by molar-refractivity contribution is 0.664. The molecule has 0 atom stereocenters. The van der Waals surface area contributed by atoms with Crippen LogP contribution in [-0.2, 0) is 25.7 Å². The molecule has 7 aromatic rings. The lowest BCUT2D eigenvalue weighted by atomic mass is 9.85. The number of hydrogen-bond donors (Lipinski definition) is 2. The summed E-state index contributed by atoms with van der Waals surface area (Å²) in [5, 5.41) is 7.42. The summed E-state index contributed by atoms with van der Waals surface area (Å²) in [6.07, 6.45) is 16.8. The van der Waals surface area contributed by atoms with Crippen molar-refractivity contribution in [2.24, 2.45) is 0 Å². The third-order valence-electron chi connectivity index (χ3n) is 13.0. The number of unbranched alkanes of at least 4 members (excludes halogenated alkanes) is 6. The Balaban J connectivity index is 1.14. The highest BCUT2D eigenvalue weighted by Crippen LogP contribution is 2.39. The molecule has 0 aliphatic heterocycles. The van der Waals surface area contributed by atoms with Gasteiger partial charge in [0.25, 0.3) is 0 Å². The van der Waals surface area contributed by atoms with E-state index in [0.29, 0.717) is 0 Å². The molecular weight excluding hydrogens is 773 g/mol. The molecule has 0 aliphatic carbocycles. The lowest BCUT2D eigenvalue weighted by Crippen LogP contribution is -2.01. The average molecular weight is 845 g/mol. The molecule has 0 radical (unpaired) electrons. The zero-order valence-corrected chi connectivity index (χ0v) is 39.8. The minimum absolute atomic E-state index is 1.09. The van der Waals surface area contributed by atoms with Crippen molar-refractivity contribution in [1.29, 1.82) is 0 Å². The van der Waals surface area contributed by atoms with Crippen LogP contribution in [0.4, 0.5) is 22.7 Å². The SMILES string of the molecule is CCCCCCc1cc(-c2ccc(Nc3ccc(-c4ccc(CCC)cc4)cc3)cc2C)c(CCCCCC)cc1-c1ccc(Nc2ccc(-c3ccc(CCC)cc3)cc2)cc1C. The van der Waals surface area contributed by atoms with E-state index in [4.69, 9.17) is 0 Å². The van der Waals surface area contributed by atoms with Gasteiger partial charge in [-0.2, -0.15) is 0 Å². The molecule has 0 aliphatic rings. The first-order valence-corrected chi connectivity index (χ1v) is 24.7. The molecular formula is C62H72N2. The normalized spacial score (nSPS) is 11.2. The molecule has 0 amide bonds. The quantitative estimate of drug-likeness (QED) is 0.0664. The van der Waals surface area contributed by atoms with E-state index in [9.17, 15) is 0 Å². The van der Waals surface area contributed by atoms with Crippen LogP contribution in [0.3, 0.4) is 0 Å². The summed E-state index contributed by atoms with van der Waals surface area (Å²) in [6, 6.07) is 54.8. The van der Waals surface area contributed by atoms with E-state index in [1.165, 1.54) is 142 Å². The van der Waals surface area contributed by atoms with E-state index in [1.54, 1.807) is 0 Å². The van der Waals surface area contributed by atoms with Gasteiger partial charge in [-0.05, 0) is 179 Å². The Morgan fingerprint density at radius 1 is 0.297 bits per heavy atom. The molecule has 0 aromatic heterocycles. The predicted molar refractivity (Wildman–Crippen MR) is 281 cm³/mol. The van der Waals surface area contributed by atoms with Crippen LogP contribution in [0.5, 0.6) is 0 Å². The number of anilines is 4. The van der Waals surface area contributed by atoms with Crippen LogP contribution < -0.4 is 10.6 Å². The number of rotatable bonds is 22. The molecule has 7 rings (SSSR count). The van der Waals surface area contributed by atoms with Crippen molar-refractivity contribution in [2.45, 2.75) is 131 Å². The van der Waals surface area contributed by atoms with E-state index >= 15 is 0 Å². The van der Waals surface area contributed by atoms with Crippen molar-refractivity contribution in [1.82, 2.24) is 0 Å². The van der Waals surface area contributed by atoms with Gasteiger partial charge in [0.15, 0.2) is 0 Å². The number of aryl methyl sites for hydroxylation is 6. The van der Waals surface area contributed by atoms with Gasteiger partial charge in [0.1, 0.15) is 0 Å². The van der Waals surface area contributed by atoms with E-state index < -0.39 is 0 Å². The molecule has 0 bridgehead atoms. The Kier molecular flexibility index (Phi) is 16.7. The van der Waals surface area contributed by atoms with E-state index in [1.807, 2.05) is 0 Å². The maximum atomic E-state index is 3.71. The average Bonchev–Trinajstić information content (AvgIpc) is 3.31. The van der Waals surface area contributed by atoms with Crippen molar-refractivity contribution in [2.75, 3.05) is 10.6 Å². The van der Waals surface area contributed by atoms with Gasteiger partial charge >= 0.3 is 0 Å². The number of hydrogen-bond acceptors (Lipinski definition) is 2. The highest BCUT2D eigenvalue weighted by atomic mass is 14.9. The standard InChI is InChI=1S/C62H72N2/c1-7-11-13-15-19-53-43-62(60-40-38-58(42-46(60)6)64-56-35-31-52(32-36-56)50-27-23-48(18-10-4)24-28-50)54(20-16-14-12-8-2)44-61(53)59-39-37-57(41-45(59)5)63-55-33-29-51(30-34-55)49-25-21-47(17-9-3)22-26-49/h21-44,63-64H,7-20H2,1-6H3. The molecule has 0 saturated carbocycles. The summed E-state index contributed by atoms with van der Waals surface area (Å²) >= 11 is 0. The summed E-state index contributed by atoms with van der Waals surface area (Å²) in [5.41, 5.74) is 23.3. The summed E-state index contributed by atoms with van der Waals surface area (Å²) in [4.78, 5) is 0. The van der Waals surface area contributed by atoms with Gasteiger partial charge in [-0.25, -0.2) is 0 Å². The minimum Gasteiger partial charge on any atom is -0.356 e. The molecule has 2 heteroatoms. The van der Waals surface area contributed by atoms with Gasteiger partial charge in [-0.1, -0.05) is 176 Å². The predicted octanol–water partition coefficient (Wildman–Crippen LogP) is 18.6. The Bertz CT molecular complexity index is 2350. The summed E-state index contributed by atoms with van der Waals surface area (Å²) in [6.45, 7) is 13.7. The van der Waals surface area contributed by atoms with Crippen LogP contribution in [0.25, 0.3) is 44.5 Å². The molecule has 0 spiro atoms. The van der Waals surface area contributed by atoms with Gasteiger partial charge in [-0.3, -0.25) is 0 Å². The van der Waals surface area contributed by atoms with Crippen molar-refractivity contribution in [3.05, 3.63) is 179 Å². The maximum absolute atomic E-state index is 3.71. The molecule has 0 heterocycles. The van der Waals surface area contributed by atoms with Crippen LogP contribution in [0.15, 0.2) is 146 Å². The van der Waals surface area contributed by atoms with Gasteiger partial charge in [-0.15, -0.1) is 0 Å². The van der Waals surface area contributed by atoms with Crippen LogP contribution in [-0.4, -0.2) is 0 Å². The van der Waals surface area contributed by atoms with Crippen molar-refractivity contribution >= 4 is 22.7 Å².